The lowest BCUT2D eigenvalue weighted by atomic mass is 10.0. The molecule has 1 aromatic carbocycles. The molecule has 6 heteroatoms. The van der Waals surface area contributed by atoms with Crippen LogP contribution in [0.15, 0.2) is 16.6 Å². The van der Waals surface area contributed by atoms with E-state index in [2.05, 4.69) is 26.0 Å². The summed E-state index contributed by atoms with van der Waals surface area (Å²) in [5.74, 6) is 0.395. The molecule has 20 heavy (non-hydrogen) atoms. The van der Waals surface area contributed by atoms with Crippen LogP contribution in [0.25, 0.3) is 0 Å². The van der Waals surface area contributed by atoms with Crippen LogP contribution in [0.2, 0.25) is 0 Å². The van der Waals surface area contributed by atoms with Crippen LogP contribution in [-0.4, -0.2) is 27.3 Å². The van der Waals surface area contributed by atoms with Crippen LogP contribution >= 0.6 is 15.9 Å². The summed E-state index contributed by atoms with van der Waals surface area (Å²) in [6.45, 7) is 5.61. The van der Waals surface area contributed by atoms with Gasteiger partial charge in [0.1, 0.15) is 0 Å². The molecule has 1 unspecified atom stereocenters. The normalized spacial score (nSPS) is 19.9. The molecule has 0 aliphatic carbocycles. The maximum atomic E-state index is 12.3. The van der Waals surface area contributed by atoms with E-state index in [0.717, 1.165) is 41.5 Å². The Bertz CT molecular complexity index is 558. The third-order valence-electron chi connectivity index (χ3n) is 3.61. The lowest BCUT2D eigenvalue weighted by molar-refractivity contribution is 0.404. The van der Waals surface area contributed by atoms with Gasteiger partial charge in [0.05, 0.1) is 11.4 Å². The largest absolute Gasteiger partial charge is 0.316 e. The van der Waals surface area contributed by atoms with Crippen LogP contribution in [0.1, 0.15) is 24.0 Å². The molecule has 0 spiro atoms. The highest BCUT2D eigenvalue weighted by molar-refractivity contribution is 9.10. The minimum Gasteiger partial charge on any atom is -0.316 e. The zero-order valence-electron chi connectivity index (χ0n) is 11.9. The van der Waals surface area contributed by atoms with Gasteiger partial charge < -0.3 is 5.32 Å². The van der Waals surface area contributed by atoms with Crippen molar-refractivity contribution in [2.24, 2.45) is 5.92 Å². The number of rotatable bonds is 4. The fourth-order valence-corrected chi connectivity index (χ4v) is 4.95. The van der Waals surface area contributed by atoms with Crippen LogP contribution in [0, 0.1) is 19.8 Å². The standard InChI is InChI=1S/C14H21BrN2O2S/c1-10-6-13(15)7-11(2)14(10)17-20(18,19)9-12-4-3-5-16-8-12/h6-7,12,16-17H,3-5,8-9H2,1-2H3. The second-order valence-electron chi connectivity index (χ2n) is 5.51. The van der Waals surface area contributed by atoms with Gasteiger partial charge in [0.15, 0.2) is 0 Å². The molecule has 112 valence electrons. The highest BCUT2D eigenvalue weighted by Gasteiger charge is 2.22. The molecule has 4 nitrogen and oxygen atoms in total. The molecule has 1 atom stereocenters. The van der Waals surface area contributed by atoms with Crippen molar-refractivity contribution < 1.29 is 8.42 Å². The first-order valence-electron chi connectivity index (χ1n) is 6.85. The van der Waals surface area contributed by atoms with Gasteiger partial charge in [0.2, 0.25) is 10.0 Å². The van der Waals surface area contributed by atoms with Gasteiger partial charge in [-0.2, -0.15) is 0 Å². The van der Waals surface area contributed by atoms with E-state index in [1.54, 1.807) is 0 Å². The lowest BCUT2D eigenvalue weighted by Gasteiger charge is -2.23. The quantitative estimate of drug-likeness (QED) is 0.867. The maximum absolute atomic E-state index is 12.3. The van der Waals surface area contributed by atoms with Crippen molar-refractivity contribution in [1.82, 2.24) is 5.32 Å². The Hall–Kier alpha value is -0.590. The summed E-state index contributed by atoms with van der Waals surface area (Å²) in [5.41, 5.74) is 2.57. The summed E-state index contributed by atoms with van der Waals surface area (Å²) in [6.07, 6.45) is 2.03. The Morgan fingerprint density at radius 1 is 1.35 bits per heavy atom. The molecule has 0 saturated carbocycles. The fraction of sp³-hybridized carbons (Fsp3) is 0.571. The smallest absolute Gasteiger partial charge is 0.233 e. The van der Waals surface area contributed by atoms with Gasteiger partial charge in [-0.3, -0.25) is 4.72 Å². The van der Waals surface area contributed by atoms with Crippen molar-refractivity contribution >= 4 is 31.6 Å². The average Bonchev–Trinajstić information content (AvgIpc) is 2.34. The third kappa shape index (κ3) is 4.20. The van der Waals surface area contributed by atoms with Gasteiger partial charge in [-0.25, -0.2) is 8.42 Å². The molecule has 0 aromatic heterocycles. The molecular weight excluding hydrogens is 340 g/mol. The van der Waals surface area contributed by atoms with E-state index in [0.29, 0.717) is 5.69 Å². The molecule has 1 fully saturated rings. The summed E-state index contributed by atoms with van der Waals surface area (Å²) in [7, 11) is -3.30. The first kappa shape index (κ1) is 15.8. The van der Waals surface area contributed by atoms with E-state index in [1.165, 1.54) is 0 Å². The number of sulfonamides is 1. The van der Waals surface area contributed by atoms with Crippen molar-refractivity contribution in [1.29, 1.82) is 0 Å². The zero-order chi connectivity index (χ0) is 14.8. The van der Waals surface area contributed by atoms with Gasteiger partial charge in [-0.1, -0.05) is 15.9 Å². The minimum atomic E-state index is -3.30. The van der Waals surface area contributed by atoms with Gasteiger partial charge in [-0.15, -0.1) is 0 Å². The molecule has 2 N–H and O–H groups in total. The summed E-state index contributed by atoms with van der Waals surface area (Å²) >= 11 is 3.42. The molecule has 1 saturated heterocycles. The van der Waals surface area contributed by atoms with Crippen molar-refractivity contribution in [3.8, 4) is 0 Å². The second-order valence-corrected chi connectivity index (χ2v) is 8.19. The molecular formula is C14H21BrN2O2S. The topological polar surface area (TPSA) is 58.2 Å². The summed E-state index contributed by atoms with van der Waals surface area (Å²) < 4.78 is 28.3. The van der Waals surface area contributed by atoms with E-state index in [-0.39, 0.29) is 11.7 Å². The van der Waals surface area contributed by atoms with E-state index >= 15 is 0 Å². The Balaban J connectivity index is 2.11. The van der Waals surface area contributed by atoms with E-state index < -0.39 is 10.0 Å². The van der Waals surface area contributed by atoms with Gasteiger partial charge in [0.25, 0.3) is 0 Å². The Morgan fingerprint density at radius 2 is 2.00 bits per heavy atom. The Labute approximate surface area is 129 Å². The number of nitrogens with one attached hydrogen (secondary N) is 2. The number of piperidine rings is 1. The summed E-state index contributed by atoms with van der Waals surface area (Å²) in [5, 5.41) is 3.25. The van der Waals surface area contributed by atoms with Gasteiger partial charge in [0, 0.05) is 4.47 Å². The molecule has 1 aromatic rings. The maximum Gasteiger partial charge on any atom is 0.233 e. The first-order chi connectivity index (χ1) is 9.37. The number of halogens is 1. The highest BCUT2D eigenvalue weighted by atomic mass is 79.9. The molecule has 0 bridgehead atoms. The van der Waals surface area contributed by atoms with E-state index in [1.807, 2.05) is 26.0 Å². The molecule has 1 heterocycles. The predicted molar refractivity (Wildman–Crippen MR) is 86.6 cm³/mol. The number of benzene rings is 1. The van der Waals surface area contributed by atoms with Crippen LogP contribution in [-0.2, 0) is 10.0 Å². The number of hydrogen-bond donors (Lipinski definition) is 2. The lowest BCUT2D eigenvalue weighted by Crippen LogP contribution is -2.35. The molecule has 1 aliphatic heterocycles. The van der Waals surface area contributed by atoms with Crippen LogP contribution < -0.4 is 10.0 Å². The van der Waals surface area contributed by atoms with Crippen LogP contribution in [0.4, 0.5) is 5.69 Å². The van der Waals surface area contributed by atoms with Gasteiger partial charge >= 0.3 is 0 Å². The summed E-state index contributed by atoms with van der Waals surface area (Å²) in [4.78, 5) is 0. The fourth-order valence-electron chi connectivity index (χ4n) is 2.65. The SMILES string of the molecule is Cc1cc(Br)cc(C)c1NS(=O)(=O)CC1CCCNC1. The zero-order valence-corrected chi connectivity index (χ0v) is 14.3. The van der Waals surface area contributed by atoms with Crippen molar-refractivity contribution in [2.45, 2.75) is 26.7 Å². The van der Waals surface area contributed by atoms with Gasteiger partial charge in [-0.05, 0) is 69.0 Å². The molecule has 1 aliphatic rings. The monoisotopic (exact) mass is 360 g/mol. The second kappa shape index (κ2) is 6.45. The van der Waals surface area contributed by atoms with Crippen LogP contribution in [0.3, 0.4) is 0 Å². The molecule has 0 amide bonds. The number of aryl methyl sites for hydroxylation is 2. The third-order valence-corrected chi connectivity index (χ3v) is 5.49. The molecule has 0 radical (unpaired) electrons. The number of hydrogen-bond acceptors (Lipinski definition) is 3. The van der Waals surface area contributed by atoms with E-state index in [4.69, 9.17) is 0 Å². The number of anilines is 1. The predicted octanol–water partition coefficient (Wildman–Crippen LogP) is 2.81. The Morgan fingerprint density at radius 3 is 2.55 bits per heavy atom. The van der Waals surface area contributed by atoms with Crippen molar-refractivity contribution in [2.75, 3.05) is 23.6 Å². The Kier molecular flexibility index (Phi) is 5.09. The highest BCUT2D eigenvalue weighted by Crippen LogP contribution is 2.26. The van der Waals surface area contributed by atoms with Crippen molar-refractivity contribution in [3.63, 3.8) is 0 Å². The minimum absolute atomic E-state index is 0.189. The van der Waals surface area contributed by atoms with Crippen LogP contribution in [0.5, 0.6) is 0 Å². The average molecular weight is 361 g/mol. The summed E-state index contributed by atoms with van der Waals surface area (Å²) in [6, 6.07) is 3.85. The first-order valence-corrected chi connectivity index (χ1v) is 9.30. The van der Waals surface area contributed by atoms with E-state index in [9.17, 15) is 8.42 Å². The molecule has 2 rings (SSSR count). The van der Waals surface area contributed by atoms with Crippen molar-refractivity contribution in [3.05, 3.63) is 27.7 Å².